The predicted molar refractivity (Wildman–Crippen MR) is 125 cm³/mol. The molecule has 2 aromatic heterocycles. The van der Waals surface area contributed by atoms with Crippen LogP contribution < -0.4 is 10.2 Å². The Bertz CT molecular complexity index is 1190. The zero-order valence-corrected chi connectivity index (χ0v) is 18.8. The first-order valence-corrected chi connectivity index (χ1v) is 9.82. The number of methoxy groups -OCH3 is 1. The van der Waals surface area contributed by atoms with Crippen LogP contribution in [0.5, 0.6) is 5.75 Å². The number of hydrogen-bond acceptors (Lipinski definition) is 6. The molecule has 2 heterocycles. The number of hydrogen-bond donors (Lipinski definition) is 1. The van der Waals surface area contributed by atoms with Gasteiger partial charge in [0, 0.05) is 12.3 Å². The normalized spacial score (nSPS) is 11.5. The quantitative estimate of drug-likeness (QED) is 0.297. The van der Waals surface area contributed by atoms with Crippen molar-refractivity contribution in [3.8, 4) is 5.75 Å². The van der Waals surface area contributed by atoms with E-state index in [0.29, 0.717) is 5.13 Å². The average molecular weight is 473 g/mol. The molecule has 0 atom stereocenters. The van der Waals surface area contributed by atoms with Gasteiger partial charge in [0.05, 0.1) is 18.3 Å². The second kappa shape index (κ2) is 8.75. The van der Waals surface area contributed by atoms with Crippen molar-refractivity contribution in [2.24, 2.45) is 5.10 Å². The summed E-state index contributed by atoms with van der Waals surface area (Å²) >= 11 is 1.42. The fourth-order valence-corrected chi connectivity index (χ4v) is 4.21. The zero-order chi connectivity index (χ0) is 19.7. The number of hydrazone groups is 1. The summed E-state index contributed by atoms with van der Waals surface area (Å²) in [4.78, 5) is 17.7. The highest BCUT2D eigenvalue weighted by Crippen LogP contribution is 2.34. The Morgan fingerprint density at radius 2 is 1.93 bits per heavy atom. The third-order valence-electron chi connectivity index (χ3n) is 4.57. The third kappa shape index (κ3) is 3.90. The summed E-state index contributed by atoms with van der Waals surface area (Å²) in [6.07, 6.45) is 0.771. The van der Waals surface area contributed by atoms with E-state index in [9.17, 15) is 4.79 Å². The molecular weight excluding hydrogens is 452 g/mol. The molecule has 2 aromatic carbocycles. The van der Waals surface area contributed by atoms with Crippen LogP contribution in [0.2, 0.25) is 0 Å². The first-order chi connectivity index (χ1) is 13.6. The van der Waals surface area contributed by atoms with Crippen LogP contribution in [0.15, 0.2) is 53.6 Å². The predicted octanol–water partition coefficient (Wildman–Crippen LogP) is 5.72. The number of ether oxygens (including phenoxy) is 1. The number of para-hydroxylation sites is 1. The molecule has 0 aliphatic heterocycles. The molecule has 0 aliphatic carbocycles. The Morgan fingerprint density at radius 1 is 1.21 bits per heavy atom. The van der Waals surface area contributed by atoms with Gasteiger partial charge in [-0.3, -0.25) is 14.8 Å². The molecule has 29 heavy (non-hydrogen) atoms. The molecule has 0 saturated heterocycles. The minimum absolute atomic E-state index is 0. The summed E-state index contributed by atoms with van der Waals surface area (Å²) in [5.41, 5.74) is 6.71. The molecule has 4 rings (SSSR count). The van der Waals surface area contributed by atoms with Crippen LogP contribution in [0.25, 0.3) is 21.3 Å². The van der Waals surface area contributed by atoms with Crippen LogP contribution in [0, 0.1) is 0 Å². The van der Waals surface area contributed by atoms with Crippen molar-refractivity contribution in [2.45, 2.75) is 20.3 Å². The third-order valence-corrected chi connectivity index (χ3v) is 5.52. The number of carbonyl (C=O) groups excluding carboxylic acids is 1. The molecule has 0 aliphatic rings. The second-order valence-electron chi connectivity index (χ2n) is 6.30. The highest BCUT2D eigenvalue weighted by Gasteiger charge is 2.17. The van der Waals surface area contributed by atoms with E-state index < -0.39 is 0 Å². The molecular formula is C21H21BrN4O2S. The van der Waals surface area contributed by atoms with Crippen LogP contribution in [-0.2, 0) is 0 Å². The maximum absolute atomic E-state index is 12.2. The van der Waals surface area contributed by atoms with Gasteiger partial charge < -0.3 is 4.74 Å². The van der Waals surface area contributed by atoms with Gasteiger partial charge in [0.1, 0.15) is 16.1 Å². The number of nitrogens with one attached hydrogen (secondary N) is 1. The summed E-state index contributed by atoms with van der Waals surface area (Å²) in [5.74, 6) is 0.781. The molecule has 0 spiro atoms. The first-order valence-electron chi connectivity index (χ1n) is 9.00. The van der Waals surface area contributed by atoms with E-state index in [0.717, 1.165) is 44.7 Å². The van der Waals surface area contributed by atoms with Gasteiger partial charge in [-0.1, -0.05) is 36.5 Å². The van der Waals surface area contributed by atoms with Crippen molar-refractivity contribution in [1.29, 1.82) is 0 Å². The Balaban J connectivity index is 0.00000240. The van der Waals surface area contributed by atoms with Crippen molar-refractivity contribution in [3.63, 3.8) is 0 Å². The standard InChI is InChI=1S/C21H20N4O2S.BrH/c1-4-17(14-9-11-15(27-3)12-10-14)23-24-21-22-19-16-7-5-6-8-18(16)25(13(2)26)20(19)28-21;/h5-12H,4H2,1-3H3,(H,22,24);1H. The topological polar surface area (TPSA) is 68.5 Å². The molecule has 0 amide bonds. The highest BCUT2D eigenvalue weighted by molar-refractivity contribution is 8.93. The minimum atomic E-state index is -0.0302. The minimum Gasteiger partial charge on any atom is -0.497 e. The number of carbonyl (C=O) groups is 1. The molecule has 0 radical (unpaired) electrons. The molecule has 0 bridgehead atoms. The Morgan fingerprint density at radius 3 is 2.59 bits per heavy atom. The monoisotopic (exact) mass is 472 g/mol. The summed E-state index contributed by atoms with van der Waals surface area (Å²) < 4.78 is 6.92. The fourth-order valence-electron chi connectivity index (χ4n) is 3.22. The zero-order valence-electron chi connectivity index (χ0n) is 16.3. The van der Waals surface area contributed by atoms with Gasteiger partial charge in [-0.25, -0.2) is 4.98 Å². The van der Waals surface area contributed by atoms with Crippen molar-refractivity contribution in [2.75, 3.05) is 12.5 Å². The second-order valence-corrected chi connectivity index (χ2v) is 7.27. The van der Waals surface area contributed by atoms with Gasteiger partial charge in [-0.15, -0.1) is 17.0 Å². The molecule has 0 fully saturated rings. The summed E-state index contributed by atoms with van der Waals surface area (Å²) in [5, 5.41) is 6.17. The van der Waals surface area contributed by atoms with Crippen molar-refractivity contribution < 1.29 is 9.53 Å². The number of fused-ring (bicyclic) bond motifs is 3. The summed E-state index contributed by atoms with van der Waals surface area (Å²) in [7, 11) is 1.65. The highest BCUT2D eigenvalue weighted by atomic mass is 79.9. The lowest BCUT2D eigenvalue weighted by atomic mass is 10.1. The Labute approximate surface area is 183 Å². The number of nitrogens with zero attached hydrogens (tertiary/aromatic N) is 3. The van der Waals surface area contributed by atoms with Gasteiger partial charge >= 0.3 is 0 Å². The van der Waals surface area contributed by atoms with E-state index in [4.69, 9.17) is 4.74 Å². The molecule has 0 saturated carbocycles. The van der Waals surface area contributed by atoms with E-state index in [1.54, 1.807) is 18.6 Å². The molecule has 1 N–H and O–H groups in total. The van der Waals surface area contributed by atoms with Crippen molar-refractivity contribution in [1.82, 2.24) is 9.55 Å². The van der Waals surface area contributed by atoms with Gasteiger partial charge in [-0.2, -0.15) is 5.10 Å². The maximum Gasteiger partial charge on any atom is 0.229 e. The first kappa shape index (κ1) is 21.0. The number of halogens is 1. The van der Waals surface area contributed by atoms with E-state index in [1.807, 2.05) is 48.5 Å². The Hall–Kier alpha value is -2.71. The number of thiazole rings is 1. The van der Waals surface area contributed by atoms with Gasteiger partial charge in [0.15, 0.2) is 0 Å². The van der Waals surface area contributed by atoms with Crippen LogP contribution >= 0.6 is 28.3 Å². The lowest BCUT2D eigenvalue weighted by Crippen LogP contribution is -2.03. The molecule has 8 heteroatoms. The largest absolute Gasteiger partial charge is 0.497 e. The van der Waals surface area contributed by atoms with Crippen LogP contribution in [0.4, 0.5) is 5.13 Å². The average Bonchev–Trinajstić information content (AvgIpc) is 3.25. The van der Waals surface area contributed by atoms with E-state index in [2.05, 4.69) is 22.4 Å². The van der Waals surface area contributed by atoms with Crippen LogP contribution in [-0.4, -0.2) is 28.3 Å². The number of anilines is 1. The Kier molecular flexibility index (Phi) is 6.34. The number of rotatable bonds is 5. The fraction of sp³-hybridized carbons (Fsp3) is 0.190. The van der Waals surface area contributed by atoms with Crippen molar-refractivity contribution >= 4 is 66.3 Å². The van der Waals surface area contributed by atoms with Gasteiger partial charge in [0.2, 0.25) is 11.0 Å². The smallest absolute Gasteiger partial charge is 0.229 e. The van der Waals surface area contributed by atoms with Crippen molar-refractivity contribution in [3.05, 3.63) is 54.1 Å². The molecule has 4 aromatic rings. The van der Waals surface area contributed by atoms with Gasteiger partial charge in [0.25, 0.3) is 0 Å². The van der Waals surface area contributed by atoms with E-state index in [-0.39, 0.29) is 22.9 Å². The van der Waals surface area contributed by atoms with Crippen LogP contribution in [0.3, 0.4) is 0 Å². The lowest BCUT2D eigenvalue weighted by Gasteiger charge is -2.06. The lowest BCUT2D eigenvalue weighted by molar-refractivity contribution is 0.0947. The summed E-state index contributed by atoms with van der Waals surface area (Å²) in [6, 6.07) is 15.6. The maximum atomic E-state index is 12.2. The van der Waals surface area contributed by atoms with E-state index in [1.165, 1.54) is 11.3 Å². The summed E-state index contributed by atoms with van der Waals surface area (Å²) in [6.45, 7) is 3.62. The van der Waals surface area contributed by atoms with E-state index >= 15 is 0 Å². The van der Waals surface area contributed by atoms with Crippen LogP contribution in [0.1, 0.15) is 30.6 Å². The molecule has 150 valence electrons. The number of benzene rings is 2. The number of aromatic nitrogens is 2. The SMILES string of the molecule is Br.CCC(=NNc1nc2c3ccccc3n(C(C)=O)c2s1)c1ccc(OC)cc1. The molecule has 0 unspecified atom stereocenters. The molecule has 6 nitrogen and oxygen atoms in total. The van der Waals surface area contributed by atoms with Gasteiger partial charge in [-0.05, 0) is 42.3 Å².